The molecule has 0 fully saturated rings. The Balaban J connectivity index is 1.82. The maximum absolute atomic E-state index is 10.3. The minimum atomic E-state index is -0.663. The van der Waals surface area contributed by atoms with E-state index in [0.717, 1.165) is 29.2 Å². The van der Waals surface area contributed by atoms with Crippen LogP contribution in [0.5, 0.6) is 0 Å². The number of nitrogens with one attached hydrogen (secondary N) is 1. The molecule has 1 atom stereocenters. The summed E-state index contributed by atoms with van der Waals surface area (Å²) in [6.45, 7) is 7.50. The van der Waals surface area contributed by atoms with Crippen LogP contribution in [0, 0.1) is 5.92 Å². The fraction of sp³-hybridized carbons (Fsp3) is 0.529. The van der Waals surface area contributed by atoms with E-state index >= 15 is 0 Å². The Labute approximate surface area is 136 Å². The van der Waals surface area contributed by atoms with Crippen molar-refractivity contribution in [3.05, 3.63) is 35.5 Å². The summed E-state index contributed by atoms with van der Waals surface area (Å²) in [6.07, 6.45) is 3.63. The third kappa shape index (κ3) is 5.48. The van der Waals surface area contributed by atoms with Gasteiger partial charge >= 0.3 is 0 Å². The molecule has 0 saturated heterocycles. The molecule has 0 bridgehead atoms. The first kappa shape index (κ1) is 17.1. The molecule has 2 rings (SSSR count). The minimum absolute atomic E-state index is 0.580. The number of hydrogen-bond acceptors (Lipinski definition) is 5. The van der Waals surface area contributed by atoms with E-state index in [1.807, 2.05) is 30.5 Å². The second kappa shape index (κ2) is 7.81. The van der Waals surface area contributed by atoms with Crippen LogP contribution in [-0.2, 0) is 6.54 Å². The average molecular weight is 319 g/mol. The van der Waals surface area contributed by atoms with Gasteiger partial charge in [0.2, 0.25) is 0 Å². The molecule has 0 saturated carbocycles. The summed E-state index contributed by atoms with van der Waals surface area (Å²) in [4.78, 5) is 8.90. The molecule has 2 aromatic heterocycles. The first-order valence-corrected chi connectivity index (χ1v) is 8.63. The molecule has 0 aliphatic rings. The number of pyridine rings is 1. The second-order valence-electron chi connectivity index (χ2n) is 6.39. The largest absolute Gasteiger partial charge is 0.389 e. The summed E-state index contributed by atoms with van der Waals surface area (Å²) >= 11 is 1.60. The van der Waals surface area contributed by atoms with Gasteiger partial charge in [0.1, 0.15) is 5.01 Å². The normalized spacial score (nSPS) is 14.2. The molecular formula is C17H25N3OS. The van der Waals surface area contributed by atoms with Gasteiger partial charge in [0, 0.05) is 24.7 Å². The van der Waals surface area contributed by atoms with Crippen molar-refractivity contribution in [1.29, 1.82) is 0 Å². The predicted octanol–water partition coefficient (Wildman–Crippen LogP) is 3.48. The van der Waals surface area contributed by atoms with E-state index < -0.39 is 5.60 Å². The zero-order chi connectivity index (χ0) is 16.0. The van der Waals surface area contributed by atoms with E-state index in [1.54, 1.807) is 17.5 Å². The number of thiazole rings is 1. The molecule has 0 aromatic carbocycles. The molecule has 0 radical (unpaired) electrons. The summed E-state index contributed by atoms with van der Waals surface area (Å²) in [5, 5.41) is 16.6. The van der Waals surface area contributed by atoms with Crippen molar-refractivity contribution in [2.45, 2.75) is 45.8 Å². The molecule has 120 valence electrons. The number of aromatic nitrogens is 2. The Hall–Kier alpha value is -1.30. The van der Waals surface area contributed by atoms with Gasteiger partial charge in [-0.15, -0.1) is 11.3 Å². The first-order chi connectivity index (χ1) is 10.5. The summed E-state index contributed by atoms with van der Waals surface area (Å²) in [5.41, 5.74) is 1.23. The highest BCUT2D eigenvalue weighted by molar-refractivity contribution is 7.13. The van der Waals surface area contributed by atoms with Gasteiger partial charge in [-0.1, -0.05) is 19.9 Å². The lowest BCUT2D eigenvalue weighted by molar-refractivity contribution is 0.0450. The minimum Gasteiger partial charge on any atom is -0.389 e. The van der Waals surface area contributed by atoms with Crippen molar-refractivity contribution in [2.75, 3.05) is 6.54 Å². The number of aliphatic hydroxyl groups is 1. The molecule has 2 N–H and O–H groups in total. The van der Waals surface area contributed by atoms with Crippen LogP contribution in [0.4, 0.5) is 0 Å². The van der Waals surface area contributed by atoms with Crippen LogP contribution in [0.15, 0.2) is 29.8 Å². The van der Waals surface area contributed by atoms with Gasteiger partial charge in [-0.25, -0.2) is 4.98 Å². The van der Waals surface area contributed by atoms with E-state index in [-0.39, 0.29) is 0 Å². The number of hydrogen-bond donors (Lipinski definition) is 2. The molecule has 2 aromatic rings. The molecule has 5 heteroatoms. The summed E-state index contributed by atoms with van der Waals surface area (Å²) < 4.78 is 0. The van der Waals surface area contributed by atoms with Gasteiger partial charge in [0.15, 0.2) is 0 Å². The van der Waals surface area contributed by atoms with Crippen LogP contribution in [0.25, 0.3) is 10.7 Å². The Kier molecular flexibility index (Phi) is 6.06. The molecule has 0 aliphatic carbocycles. The van der Waals surface area contributed by atoms with Crippen LogP contribution in [0.1, 0.15) is 39.3 Å². The van der Waals surface area contributed by atoms with E-state index in [0.29, 0.717) is 19.0 Å². The third-order valence-corrected chi connectivity index (χ3v) is 4.42. The van der Waals surface area contributed by atoms with Gasteiger partial charge in [0.25, 0.3) is 0 Å². The van der Waals surface area contributed by atoms with Gasteiger partial charge in [-0.3, -0.25) is 4.98 Å². The molecular weight excluding hydrogens is 294 g/mol. The van der Waals surface area contributed by atoms with Crippen LogP contribution < -0.4 is 5.32 Å². The smallest absolute Gasteiger partial charge is 0.142 e. The molecule has 2 heterocycles. The number of nitrogens with zero attached hydrogens (tertiary/aromatic N) is 2. The van der Waals surface area contributed by atoms with Crippen LogP contribution in [0.2, 0.25) is 0 Å². The molecule has 4 nitrogen and oxygen atoms in total. The number of rotatable bonds is 8. The van der Waals surface area contributed by atoms with Crippen molar-refractivity contribution >= 4 is 11.3 Å². The summed E-state index contributed by atoms with van der Waals surface area (Å²) in [5.74, 6) is 0.617. The van der Waals surface area contributed by atoms with Gasteiger partial charge < -0.3 is 10.4 Å². The van der Waals surface area contributed by atoms with Crippen molar-refractivity contribution in [1.82, 2.24) is 15.3 Å². The summed E-state index contributed by atoms with van der Waals surface area (Å²) in [6, 6.07) is 5.83. The SMILES string of the molecule is CC(C)CCC(C)(O)CNCc1csc(-c2ccccn2)n1. The maximum Gasteiger partial charge on any atom is 0.142 e. The van der Waals surface area contributed by atoms with Crippen LogP contribution in [-0.4, -0.2) is 27.2 Å². The van der Waals surface area contributed by atoms with E-state index in [9.17, 15) is 5.11 Å². The topological polar surface area (TPSA) is 58.0 Å². The lowest BCUT2D eigenvalue weighted by Crippen LogP contribution is -2.37. The lowest BCUT2D eigenvalue weighted by atomic mass is 9.95. The zero-order valence-corrected chi connectivity index (χ0v) is 14.4. The average Bonchev–Trinajstić information content (AvgIpc) is 2.95. The Morgan fingerprint density at radius 3 is 2.86 bits per heavy atom. The molecule has 0 aliphatic heterocycles. The van der Waals surface area contributed by atoms with Crippen molar-refractivity contribution in [3.63, 3.8) is 0 Å². The van der Waals surface area contributed by atoms with Crippen molar-refractivity contribution < 1.29 is 5.11 Å². The van der Waals surface area contributed by atoms with Crippen LogP contribution in [0.3, 0.4) is 0 Å². The Morgan fingerprint density at radius 1 is 1.36 bits per heavy atom. The predicted molar refractivity (Wildman–Crippen MR) is 91.7 cm³/mol. The monoisotopic (exact) mass is 319 g/mol. The molecule has 0 spiro atoms. The Morgan fingerprint density at radius 2 is 2.18 bits per heavy atom. The van der Waals surface area contributed by atoms with Gasteiger partial charge in [-0.05, 0) is 37.8 Å². The fourth-order valence-corrected chi connectivity index (χ4v) is 2.94. The second-order valence-corrected chi connectivity index (χ2v) is 7.25. The first-order valence-electron chi connectivity index (χ1n) is 7.75. The van der Waals surface area contributed by atoms with Gasteiger partial charge in [0.05, 0.1) is 17.0 Å². The van der Waals surface area contributed by atoms with Gasteiger partial charge in [-0.2, -0.15) is 0 Å². The highest BCUT2D eigenvalue weighted by Crippen LogP contribution is 2.21. The van der Waals surface area contributed by atoms with E-state index in [2.05, 4.69) is 29.1 Å². The standard InChI is InChI=1S/C17H25N3OS/c1-13(2)7-8-17(3,21)12-18-10-14-11-22-16(20-14)15-6-4-5-9-19-15/h4-6,9,11,13,18,21H,7-8,10,12H2,1-3H3. The third-order valence-electron chi connectivity index (χ3n) is 3.51. The molecule has 1 unspecified atom stereocenters. The van der Waals surface area contributed by atoms with E-state index in [4.69, 9.17) is 0 Å². The maximum atomic E-state index is 10.3. The highest BCUT2D eigenvalue weighted by atomic mass is 32.1. The zero-order valence-electron chi connectivity index (χ0n) is 13.5. The summed E-state index contributed by atoms with van der Waals surface area (Å²) in [7, 11) is 0. The van der Waals surface area contributed by atoms with Crippen LogP contribution >= 0.6 is 11.3 Å². The van der Waals surface area contributed by atoms with Crippen molar-refractivity contribution in [3.8, 4) is 10.7 Å². The fourth-order valence-electron chi connectivity index (χ4n) is 2.14. The quantitative estimate of drug-likeness (QED) is 0.782. The highest BCUT2D eigenvalue weighted by Gasteiger charge is 2.20. The van der Waals surface area contributed by atoms with E-state index in [1.165, 1.54) is 0 Å². The molecule has 0 amide bonds. The lowest BCUT2D eigenvalue weighted by Gasteiger charge is -2.24. The molecule has 22 heavy (non-hydrogen) atoms. The van der Waals surface area contributed by atoms with Crippen molar-refractivity contribution in [2.24, 2.45) is 5.92 Å². The Bertz CT molecular complexity index is 566.